The first kappa shape index (κ1) is 32.8. The van der Waals surface area contributed by atoms with E-state index in [4.69, 9.17) is 0 Å². The largest absolute Gasteiger partial charge is 0.0845 e. The van der Waals surface area contributed by atoms with Crippen molar-refractivity contribution in [3.63, 3.8) is 0 Å². The van der Waals surface area contributed by atoms with Crippen LogP contribution in [0.25, 0.3) is 0 Å². The summed E-state index contributed by atoms with van der Waals surface area (Å²) in [4.78, 5) is 0. The fraction of sp³-hybridized carbons (Fsp3) is 0.943. The normalized spacial score (nSPS) is 37.1. The third-order valence-electron chi connectivity index (χ3n) is 10.6. The van der Waals surface area contributed by atoms with Crippen molar-refractivity contribution in [2.24, 2.45) is 46.3 Å². The molecule has 0 heterocycles. The van der Waals surface area contributed by atoms with Crippen molar-refractivity contribution in [1.29, 1.82) is 0 Å². The summed E-state index contributed by atoms with van der Waals surface area (Å²) in [6, 6.07) is 0. The van der Waals surface area contributed by atoms with E-state index in [2.05, 4.69) is 54.5 Å². The summed E-state index contributed by atoms with van der Waals surface area (Å²) < 4.78 is 0. The van der Waals surface area contributed by atoms with Crippen molar-refractivity contribution in [1.82, 2.24) is 0 Å². The highest BCUT2D eigenvalue weighted by Crippen LogP contribution is 2.67. The molecule has 0 bridgehead atoms. The second kappa shape index (κ2) is 15.9. The van der Waals surface area contributed by atoms with E-state index in [1.54, 1.807) is 6.42 Å². The van der Waals surface area contributed by atoms with Crippen LogP contribution in [0.4, 0.5) is 0 Å². The van der Waals surface area contributed by atoms with E-state index in [1.165, 1.54) is 83.5 Å². The van der Waals surface area contributed by atoms with Crippen LogP contribution in [0.2, 0.25) is 0 Å². The number of allylic oxidation sites excluding steroid dienone is 2. The molecule has 0 radical (unpaired) electrons. The van der Waals surface area contributed by atoms with Crippen LogP contribution in [-0.2, 0) is 0 Å². The molecule has 4 rings (SSSR count). The van der Waals surface area contributed by atoms with Crippen LogP contribution in [0.1, 0.15) is 166 Å². The number of fused-ring (bicyclic) bond motifs is 5. The standard InChI is InChI=1S/C27H46.C4H10.2C2H6/c1-19(2)8-6-7-9-21-11-13-24-23-12-10-22-18-20(3)14-16-27(22,5)25(23)15-17-26(21,24)4;1-3-4-2;2*1-2/h10,19-21,23-25H,6-9,11-18H2,1-5H3;3-4H2,1-2H3;2*1-2H3/t20?,21-,23?,24-,25-,26+,27-;;;/m0.../s1. The van der Waals surface area contributed by atoms with Crippen LogP contribution in [0.5, 0.6) is 0 Å². The summed E-state index contributed by atoms with van der Waals surface area (Å²) >= 11 is 0. The molecule has 7 atom stereocenters. The van der Waals surface area contributed by atoms with Gasteiger partial charge in [0.1, 0.15) is 0 Å². The average molecular weight is 489 g/mol. The molecule has 0 aromatic heterocycles. The van der Waals surface area contributed by atoms with Gasteiger partial charge in [-0.05, 0) is 104 Å². The smallest absolute Gasteiger partial charge is 0.00851 e. The summed E-state index contributed by atoms with van der Waals surface area (Å²) in [7, 11) is 0. The average Bonchev–Trinajstić information content (AvgIpc) is 3.21. The highest BCUT2D eigenvalue weighted by atomic mass is 14.6. The lowest BCUT2D eigenvalue weighted by Crippen LogP contribution is -2.49. The lowest BCUT2D eigenvalue weighted by atomic mass is 9.47. The molecule has 0 aliphatic heterocycles. The molecule has 0 amide bonds. The molecule has 0 aromatic carbocycles. The lowest BCUT2D eigenvalue weighted by Gasteiger charge is -2.58. The van der Waals surface area contributed by atoms with Gasteiger partial charge in [0.2, 0.25) is 0 Å². The Kier molecular flexibility index (Phi) is 14.9. The van der Waals surface area contributed by atoms with Gasteiger partial charge in [0.05, 0.1) is 0 Å². The monoisotopic (exact) mass is 489 g/mol. The van der Waals surface area contributed by atoms with E-state index >= 15 is 0 Å². The zero-order valence-electron chi connectivity index (χ0n) is 26.4. The molecule has 35 heavy (non-hydrogen) atoms. The molecule has 0 saturated heterocycles. The Morgan fingerprint density at radius 2 is 1.51 bits per heavy atom. The molecule has 0 spiro atoms. The maximum atomic E-state index is 2.75. The van der Waals surface area contributed by atoms with Crippen molar-refractivity contribution in [2.75, 3.05) is 0 Å². The zero-order chi connectivity index (χ0) is 26.6. The molecule has 2 unspecified atom stereocenters. The van der Waals surface area contributed by atoms with Crippen molar-refractivity contribution < 1.29 is 0 Å². The first-order valence-corrected chi connectivity index (χ1v) is 16.5. The van der Waals surface area contributed by atoms with Crippen molar-refractivity contribution in [3.8, 4) is 0 Å². The predicted molar refractivity (Wildman–Crippen MR) is 161 cm³/mol. The molecule has 4 aliphatic rings. The van der Waals surface area contributed by atoms with Crippen LogP contribution in [0.3, 0.4) is 0 Å². The number of unbranched alkanes of at least 4 members (excludes halogenated alkanes) is 2. The maximum Gasteiger partial charge on any atom is -0.00851 e. The fourth-order valence-corrected chi connectivity index (χ4v) is 8.37. The topological polar surface area (TPSA) is 0 Å². The van der Waals surface area contributed by atoms with Crippen LogP contribution in [-0.4, -0.2) is 0 Å². The Hall–Kier alpha value is -0.260. The Morgan fingerprint density at radius 3 is 2.11 bits per heavy atom. The highest BCUT2D eigenvalue weighted by molar-refractivity contribution is 5.24. The van der Waals surface area contributed by atoms with Gasteiger partial charge < -0.3 is 0 Å². The SMILES string of the molecule is CC.CC.CC(C)CCCC[C@H]1CC[C@H]2C3CC=C4CC(C)CC[C@]4(C)[C@H]3CC[C@]12C.CCCC. The second-order valence-corrected chi connectivity index (χ2v) is 13.1. The van der Waals surface area contributed by atoms with Crippen LogP contribution < -0.4 is 0 Å². The van der Waals surface area contributed by atoms with Crippen molar-refractivity contribution in [2.45, 2.75) is 166 Å². The summed E-state index contributed by atoms with van der Waals surface area (Å²) in [5, 5.41) is 0. The quantitative estimate of drug-likeness (QED) is 0.257. The van der Waals surface area contributed by atoms with Crippen molar-refractivity contribution in [3.05, 3.63) is 11.6 Å². The minimum atomic E-state index is 0.562. The summed E-state index contributed by atoms with van der Waals surface area (Å²) in [5.41, 5.74) is 3.10. The Balaban J connectivity index is 0.000000684. The van der Waals surface area contributed by atoms with Gasteiger partial charge in [0, 0.05) is 0 Å². The zero-order valence-corrected chi connectivity index (χ0v) is 26.4. The van der Waals surface area contributed by atoms with Gasteiger partial charge in [-0.2, -0.15) is 0 Å². The second-order valence-electron chi connectivity index (χ2n) is 13.1. The maximum absolute atomic E-state index is 2.75. The van der Waals surface area contributed by atoms with E-state index in [0.717, 1.165) is 35.5 Å². The van der Waals surface area contributed by atoms with E-state index in [1.807, 2.05) is 33.3 Å². The minimum Gasteiger partial charge on any atom is -0.0845 e. The third-order valence-corrected chi connectivity index (χ3v) is 10.6. The van der Waals surface area contributed by atoms with E-state index in [0.29, 0.717) is 10.8 Å². The van der Waals surface area contributed by atoms with Crippen molar-refractivity contribution >= 4 is 0 Å². The number of rotatable bonds is 6. The Bertz CT molecular complexity index is 583. The van der Waals surface area contributed by atoms with Crippen LogP contribution in [0, 0.1) is 46.3 Å². The summed E-state index contributed by atoms with van der Waals surface area (Å²) in [6.45, 7) is 25.0. The van der Waals surface area contributed by atoms with Gasteiger partial charge in [0.15, 0.2) is 0 Å². The summed E-state index contributed by atoms with van der Waals surface area (Å²) in [6.07, 6.45) is 23.2. The molecular weight excluding hydrogens is 420 g/mol. The van der Waals surface area contributed by atoms with Gasteiger partial charge in [0.25, 0.3) is 0 Å². The van der Waals surface area contributed by atoms with E-state index in [9.17, 15) is 0 Å². The lowest BCUT2D eigenvalue weighted by molar-refractivity contribution is -0.0450. The molecule has 208 valence electrons. The van der Waals surface area contributed by atoms with E-state index in [-0.39, 0.29) is 0 Å². The molecule has 3 fully saturated rings. The Morgan fingerprint density at radius 1 is 0.857 bits per heavy atom. The number of hydrogen-bond donors (Lipinski definition) is 0. The van der Waals surface area contributed by atoms with Gasteiger partial charge in [-0.3, -0.25) is 0 Å². The third kappa shape index (κ3) is 7.87. The highest BCUT2D eigenvalue weighted by Gasteiger charge is 2.58. The molecule has 0 N–H and O–H groups in total. The first-order chi connectivity index (χ1) is 16.8. The van der Waals surface area contributed by atoms with Gasteiger partial charge in [-0.25, -0.2) is 0 Å². The molecule has 4 aliphatic carbocycles. The van der Waals surface area contributed by atoms with Gasteiger partial charge >= 0.3 is 0 Å². The molecule has 0 nitrogen and oxygen atoms in total. The fourth-order valence-electron chi connectivity index (χ4n) is 8.37. The number of hydrogen-bond acceptors (Lipinski definition) is 0. The predicted octanol–water partition coefficient (Wildman–Crippen LogP) is 12.3. The molecular formula is C35H68. The van der Waals surface area contributed by atoms with Crippen LogP contribution >= 0.6 is 0 Å². The molecule has 0 heteroatoms. The molecule has 0 aromatic rings. The first-order valence-electron chi connectivity index (χ1n) is 16.5. The van der Waals surface area contributed by atoms with Crippen LogP contribution in [0.15, 0.2) is 11.6 Å². The van der Waals surface area contributed by atoms with Gasteiger partial charge in [-0.1, -0.05) is 120 Å². The Labute approximate surface area is 223 Å². The molecule has 3 saturated carbocycles. The summed E-state index contributed by atoms with van der Waals surface area (Å²) in [5.74, 6) is 5.88. The van der Waals surface area contributed by atoms with E-state index < -0.39 is 0 Å². The minimum absolute atomic E-state index is 0.562. The van der Waals surface area contributed by atoms with Gasteiger partial charge in [-0.15, -0.1) is 0 Å².